The van der Waals surface area contributed by atoms with Gasteiger partial charge in [0.05, 0.1) is 0 Å². The molecule has 0 bridgehead atoms. The number of nitrogens with zero attached hydrogens (tertiary/aromatic N) is 2. The summed E-state index contributed by atoms with van der Waals surface area (Å²) < 4.78 is 1.08. The van der Waals surface area contributed by atoms with Crippen molar-refractivity contribution in [3.05, 3.63) is 47.0 Å². The molecule has 6 heteroatoms. The molecular weight excluding hydrogens is 368 g/mol. The summed E-state index contributed by atoms with van der Waals surface area (Å²) in [5, 5.41) is 6.46. The number of guanidine groups is 1. The number of benzene rings is 1. The van der Waals surface area contributed by atoms with Gasteiger partial charge in [0.25, 0.3) is 0 Å². The van der Waals surface area contributed by atoms with E-state index in [1.165, 1.54) is 10.5 Å². The van der Waals surface area contributed by atoms with Crippen molar-refractivity contribution in [3.8, 4) is 0 Å². The van der Waals surface area contributed by atoms with Gasteiger partial charge in [-0.25, -0.2) is 4.99 Å². The Morgan fingerprint density at radius 1 is 1.33 bits per heavy atom. The van der Waals surface area contributed by atoms with Gasteiger partial charge in [-0.05, 0) is 11.6 Å². The summed E-state index contributed by atoms with van der Waals surface area (Å²) in [7, 11) is 3.44. The molecule has 1 rings (SSSR count). The topological polar surface area (TPSA) is 56.7 Å². The number of rotatable bonds is 7. The first-order valence-corrected chi connectivity index (χ1v) is 8.65. The average Bonchev–Trinajstić information content (AvgIpc) is 2.53. The van der Waals surface area contributed by atoms with Gasteiger partial charge >= 0.3 is 0 Å². The van der Waals surface area contributed by atoms with Crippen LogP contribution in [0, 0.1) is 0 Å². The molecule has 0 saturated carbocycles. The highest BCUT2D eigenvalue weighted by atomic mass is 79.9. The van der Waals surface area contributed by atoms with Gasteiger partial charge in [-0.2, -0.15) is 0 Å². The average molecular weight is 395 g/mol. The third-order valence-electron chi connectivity index (χ3n) is 3.59. The Labute approximate surface area is 153 Å². The zero-order chi connectivity index (χ0) is 18.2. The number of nitrogens with one attached hydrogen (secondary N) is 2. The van der Waals surface area contributed by atoms with E-state index in [2.05, 4.69) is 58.0 Å². The zero-order valence-corrected chi connectivity index (χ0v) is 16.5. The van der Waals surface area contributed by atoms with Crippen LogP contribution in [-0.4, -0.2) is 50.5 Å². The minimum Gasteiger partial charge on any atom is -0.356 e. The maximum absolute atomic E-state index is 11.7. The first kappa shape index (κ1) is 20.2. The summed E-state index contributed by atoms with van der Waals surface area (Å²) >= 11 is 3.61. The van der Waals surface area contributed by atoms with E-state index in [9.17, 15) is 4.79 Å². The van der Waals surface area contributed by atoms with Crippen LogP contribution in [0.25, 0.3) is 0 Å². The number of hydrogen-bond acceptors (Lipinski definition) is 2. The summed E-state index contributed by atoms with van der Waals surface area (Å²) in [5.74, 6) is 0.560. The van der Waals surface area contributed by atoms with Crippen molar-refractivity contribution in [1.82, 2.24) is 15.5 Å². The minimum absolute atomic E-state index is 0.0419. The van der Waals surface area contributed by atoms with Gasteiger partial charge < -0.3 is 15.5 Å². The van der Waals surface area contributed by atoms with E-state index in [0.29, 0.717) is 19.0 Å². The highest BCUT2D eigenvalue weighted by Crippen LogP contribution is 2.29. The van der Waals surface area contributed by atoms with Gasteiger partial charge in [-0.3, -0.25) is 4.79 Å². The van der Waals surface area contributed by atoms with E-state index in [4.69, 9.17) is 0 Å². The SMILES string of the molecule is C=CCNC(=NCC(=O)N(C)C)NCC(C)(C)c1ccccc1Br. The molecule has 24 heavy (non-hydrogen) atoms. The second-order valence-corrected chi connectivity index (χ2v) is 7.19. The molecule has 1 aromatic carbocycles. The van der Waals surface area contributed by atoms with E-state index < -0.39 is 0 Å². The zero-order valence-electron chi connectivity index (χ0n) is 14.9. The van der Waals surface area contributed by atoms with Gasteiger partial charge in [-0.15, -0.1) is 6.58 Å². The van der Waals surface area contributed by atoms with Crippen molar-refractivity contribution in [3.63, 3.8) is 0 Å². The standard InChI is InChI=1S/C18H27BrN4O/c1-6-11-20-17(21-12-16(24)23(4)5)22-13-18(2,3)14-9-7-8-10-15(14)19/h6-10H,1,11-13H2,2-5H3,(H2,20,21,22). The molecule has 0 unspecified atom stereocenters. The van der Waals surface area contributed by atoms with Gasteiger partial charge in [-0.1, -0.05) is 54.1 Å². The van der Waals surface area contributed by atoms with Crippen LogP contribution in [-0.2, 0) is 10.2 Å². The predicted octanol–water partition coefficient (Wildman–Crippen LogP) is 2.54. The van der Waals surface area contributed by atoms with Crippen molar-refractivity contribution in [2.45, 2.75) is 19.3 Å². The summed E-state index contributed by atoms with van der Waals surface area (Å²) in [6.07, 6.45) is 1.75. The number of likely N-dealkylation sites (N-methyl/N-ethyl adjacent to an activating group) is 1. The summed E-state index contributed by atoms with van der Waals surface area (Å²) in [4.78, 5) is 17.6. The molecule has 2 N–H and O–H groups in total. The highest BCUT2D eigenvalue weighted by Gasteiger charge is 2.23. The number of halogens is 1. The Kier molecular flexibility index (Phi) is 7.98. The molecule has 1 amide bonds. The van der Waals surface area contributed by atoms with Gasteiger partial charge in [0.15, 0.2) is 5.96 Å². The highest BCUT2D eigenvalue weighted by molar-refractivity contribution is 9.10. The molecule has 0 spiro atoms. The van der Waals surface area contributed by atoms with Crippen LogP contribution in [0.15, 0.2) is 46.4 Å². The van der Waals surface area contributed by atoms with Gasteiger partial charge in [0.2, 0.25) is 5.91 Å². The Hall–Kier alpha value is -1.82. The van der Waals surface area contributed by atoms with E-state index in [1.807, 2.05) is 18.2 Å². The van der Waals surface area contributed by atoms with Crippen LogP contribution in [0.3, 0.4) is 0 Å². The molecule has 0 aliphatic carbocycles. The summed E-state index contributed by atoms with van der Waals surface area (Å²) in [6.45, 7) is 9.39. The predicted molar refractivity (Wildman–Crippen MR) is 104 cm³/mol. The third-order valence-corrected chi connectivity index (χ3v) is 4.28. The van der Waals surface area contributed by atoms with Crippen molar-refractivity contribution in [2.75, 3.05) is 33.7 Å². The van der Waals surface area contributed by atoms with E-state index in [0.717, 1.165) is 4.47 Å². The molecule has 0 radical (unpaired) electrons. The summed E-state index contributed by atoms with van der Waals surface area (Å²) in [6, 6.07) is 8.18. The molecule has 0 heterocycles. The van der Waals surface area contributed by atoms with E-state index in [-0.39, 0.29) is 17.9 Å². The van der Waals surface area contributed by atoms with E-state index >= 15 is 0 Å². The largest absolute Gasteiger partial charge is 0.356 e. The van der Waals surface area contributed by atoms with Crippen molar-refractivity contribution in [1.29, 1.82) is 0 Å². The van der Waals surface area contributed by atoms with Crippen LogP contribution in [0.2, 0.25) is 0 Å². The molecule has 0 aliphatic rings. The van der Waals surface area contributed by atoms with Crippen LogP contribution < -0.4 is 10.6 Å². The number of aliphatic imine (C=N–C) groups is 1. The van der Waals surface area contributed by atoms with Crippen LogP contribution in [0.5, 0.6) is 0 Å². The molecule has 0 fully saturated rings. The van der Waals surface area contributed by atoms with Crippen molar-refractivity contribution in [2.24, 2.45) is 4.99 Å². The molecule has 0 atom stereocenters. The molecule has 1 aromatic rings. The molecule has 0 saturated heterocycles. The molecular formula is C18H27BrN4O. The lowest BCUT2D eigenvalue weighted by Crippen LogP contribution is -2.44. The maximum Gasteiger partial charge on any atom is 0.243 e. The first-order chi connectivity index (χ1) is 11.3. The van der Waals surface area contributed by atoms with Crippen LogP contribution >= 0.6 is 15.9 Å². The smallest absolute Gasteiger partial charge is 0.243 e. The Balaban J connectivity index is 2.79. The first-order valence-electron chi connectivity index (χ1n) is 7.86. The quantitative estimate of drug-likeness (QED) is 0.424. The maximum atomic E-state index is 11.7. The van der Waals surface area contributed by atoms with Crippen molar-refractivity contribution >= 4 is 27.8 Å². The number of carbonyl (C=O) groups excluding carboxylic acids is 1. The second kappa shape index (κ2) is 9.47. The molecule has 5 nitrogen and oxygen atoms in total. The van der Waals surface area contributed by atoms with E-state index in [1.54, 1.807) is 20.2 Å². The van der Waals surface area contributed by atoms with Gasteiger partial charge in [0.1, 0.15) is 6.54 Å². The Morgan fingerprint density at radius 2 is 2.00 bits per heavy atom. The van der Waals surface area contributed by atoms with Crippen molar-refractivity contribution < 1.29 is 4.79 Å². The fourth-order valence-corrected chi connectivity index (χ4v) is 2.86. The lowest BCUT2D eigenvalue weighted by Gasteiger charge is -2.28. The lowest BCUT2D eigenvalue weighted by molar-refractivity contribution is -0.127. The fraction of sp³-hybridized carbons (Fsp3) is 0.444. The third kappa shape index (κ3) is 6.35. The lowest BCUT2D eigenvalue weighted by atomic mass is 9.84. The minimum atomic E-state index is -0.109. The number of carbonyl (C=O) groups is 1. The summed E-state index contributed by atoms with van der Waals surface area (Å²) in [5.41, 5.74) is 1.10. The molecule has 0 aromatic heterocycles. The second-order valence-electron chi connectivity index (χ2n) is 6.34. The fourth-order valence-electron chi connectivity index (χ4n) is 2.04. The molecule has 0 aliphatic heterocycles. The Morgan fingerprint density at radius 3 is 2.58 bits per heavy atom. The number of amides is 1. The van der Waals surface area contributed by atoms with Gasteiger partial charge in [0, 0.05) is 37.1 Å². The van der Waals surface area contributed by atoms with Crippen LogP contribution in [0.4, 0.5) is 0 Å². The normalized spacial score (nSPS) is 11.8. The monoisotopic (exact) mass is 394 g/mol. The number of hydrogen-bond donors (Lipinski definition) is 2. The molecule has 132 valence electrons. The Bertz CT molecular complexity index is 596. The van der Waals surface area contributed by atoms with Crippen LogP contribution in [0.1, 0.15) is 19.4 Å².